The zero-order valence-corrected chi connectivity index (χ0v) is 9.10. The number of ether oxygens (including phenoxy) is 1. The fourth-order valence-corrected chi connectivity index (χ4v) is 1.27. The van der Waals surface area contributed by atoms with Crippen LogP contribution in [0, 0.1) is 5.92 Å². The second-order valence-corrected chi connectivity index (χ2v) is 3.46. The highest BCUT2D eigenvalue weighted by molar-refractivity contribution is 5.04. The summed E-state index contributed by atoms with van der Waals surface area (Å²) >= 11 is 0. The highest BCUT2D eigenvalue weighted by atomic mass is 16.5. The highest BCUT2D eigenvalue weighted by Crippen LogP contribution is 2.13. The van der Waals surface area contributed by atoms with E-state index in [-0.39, 0.29) is 18.6 Å². The molecule has 3 nitrogen and oxygen atoms in total. The molecule has 0 heterocycles. The van der Waals surface area contributed by atoms with Crippen molar-refractivity contribution in [3.63, 3.8) is 0 Å². The lowest BCUT2D eigenvalue weighted by molar-refractivity contribution is -0.00161. The fraction of sp³-hybridized carbons (Fsp3) is 0.636. The lowest BCUT2D eigenvalue weighted by Crippen LogP contribution is -2.31. The van der Waals surface area contributed by atoms with Crippen LogP contribution in [-0.4, -0.2) is 36.1 Å². The van der Waals surface area contributed by atoms with Gasteiger partial charge >= 0.3 is 0 Å². The van der Waals surface area contributed by atoms with Crippen molar-refractivity contribution in [2.24, 2.45) is 5.92 Å². The Bertz CT molecular complexity index is 199. The third-order valence-electron chi connectivity index (χ3n) is 2.18. The van der Waals surface area contributed by atoms with E-state index in [0.717, 1.165) is 5.57 Å². The van der Waals surface area contributed by atoms with Crippen molar-refractivity contribution >= 4 is 0 Å². The van der Waals surface area contributed by atoms with Gasteiger partial charge in [-0.25, -0.2) is 0 Å². The van der Waals surface area contributed by atoms with Gasteiger partial charge in [0.25, 0.3) is 0 Å². The van der Waals surface area contributed by atoms with Crippen molar-refractivity contribution in [2.75, 3.05) is 13.7 Å². The first-order valence-corrected chi connectivity index (χ1v) is 4.68. The van der Waals surface area contributed by atoms with Crippen molar-refractivity contribution in [3.8, 4) is 0 Å². The first kappa shape index (κ1) is 13.4. The Morgan fingerprint density at radius 2 is 2.14 bits per heavy atom. The van der Waals surface area contributed by atoms with Gasteiger partial charge in [-0.05, 0) is 6.92 Å². The minimum Gasteiger partial charge on any atom is -0.392 e. The summed E-state index contributed by atoms with van der Waals surface area (Å²) in [7, 11) is 1.53. The first-order chi connectivity index (χ1) is 6.56. The molecule has 0 aliphatic heterocycles. The molecule has 2 N–H and O–H groups in total. The van der Waals surface area contributed by atoms with E-state index in [2.05, 4.69) is 6.58 Å². The molecule has 0 bridgehead atoms. The molecule has 0 aliphatic carbocycles. The zero-order chi connectivity index (χ0) is 11.1. The van der Waals surface area contributed by atoms with Crippen LogP contribution >= 0.6 is 0 Å². The van der Waals surface area contributed by atoms with Gasteiger partial charge in [0.15, 0.2) is 0 Å². The van der Waals surface area contributed by atoms with Crippen LogP contribution in [0.1, 0.15) is 13.8 Å². The molecule has 2 unspecified atom stereocenters. The summed E-state index contributed by atoms with van der Waals surface area (Å²) in [6, 6.07) is 0. The zero-order valence-electron chi connectivity index (χ0n) is 9.10. The lowest BCUT2D eigenvalue weighted by atomic mass is 9.97. The average molecular weight is 200 g/mol. The van der Waals surface area contributed by atoms with Crippen molar-refractivity contribution in [1.29, 1.82) is 0 Å². The van der Waals surface area contributed by atoms with Crippen molar-refractivity contribution in [2.45, 2.75) is 26.1 Å². The predicted molar refractivity (Wildman–Crippen MR) is 57.0 cm³/mol. The van der Waals surface area contributed by atoms with Gasteiger partial charge < -0.3 is 14.9 Å². The monoisotopic (exact) mass is 200 g/mol. The average Bonchev–Trinajstić information content (AvgIpc) is 2.19. The molecule has 3 atom stereocenters. The topological polar surface area (TPSA) is 49.7 Å². The quantitative estimate of drug-likeness (QED) is 0.632. The largest absolute Gasteiger partial charge is 0.392 e. The number of methoxy groups -OCH3 is 1. The third kappa shape index (κ3) is 4.05. The summed E-state index contributed by atoms with van der Waals surface area (Å²) in [5, 5.41) is 18.6. The number of hydrogen-bond donors (Lipinski definition) is 2. The second kappa shape index (κ2) is 6.76. The van der Waals surface area contributed by atoms with E-state index < -0.39 is 6.10 Å². The van der Waals surface area contributed by atoms with Gasteiger partial charge in [-0.15, -0.1) is 6.58 Å². The van der Waals surface area contributed by atoms with Gasteiger partial charge in [0.2, 0.25) is 0 Å². The lowest BCUT2D eigenvalue weighted by Gasteiger charge is -2.22. The van der Waals surface area contributed by atoms with Gasteiger partial charge in [-0.2, -0.15) is 0 Å². The summed E-state index contributed by atoms with van der Waals surface area (Å²) < 4.78 is 5.04. The molecule has 0 radical (unpaired) electrons. The van der Waals surface area contributed by atoms with Gasteiger partial charge in [0.05, 0.1) is 12.7 Å². The summed E-state index contributed by atoms with van der Waals surface area (Å²) in [5.74, 6) is -0.0647. The molecule has 3 heteroatoms. The predicted octanol–water partition coefficient (Wildman–Crippen LogP) is 1.12. The Kier molecular flexibility index (Phi) is 6.45. The molecule has 0 spiro atoms. The Labute approximate surface area is 85.7 Å². The Balaban J connectivity index is 4.36. The summed E-state index contributed by atoms with van der Waals surface area (Å²) in [5.41, 5.74) is 0.843. The number of hydrogen-bond acceptors (Lipinski definition) is 3. The van der Waals surface area contributed by atoms with Gasteiger partial charge in [0, 0.05) is 13.0 Å². The maximum Gasteiger partial charge on any atom is 0.101 e. The summed E-state index contributed by atoms with van der Waals surface area (Å²) in [6.45, 7) is 7.29. The van der Waals surface area contributed by atoms with Crippen LogP contribution in [0.3, 0.4) is 0 Å². The highest BCUT2D eigenvalue weighted by Gasteiger charge is 2.20. The Hall–Kier alpha value is -0.640. The third-order valence-corrected chi connectivity index (χ3v) is 2.18. The second-order valence-electron chi connectivity index (χ2n) is 3.46. The minimum absolute atomic E-state index is 0.0167. The van der Waals surface area contributed by atoms with Crippen molar-refractivity contribution in [3.05, 3.63) is 24.3 Å². The Morgan fingerprint density at radius 3 is 2.50 bits per heavy atom. The van der Waals surface area contributed by atoms with Crippen LogP contribution in [0.15, 0.2) is 24.3 Å². The smallest absolute Gasteiger partial charge is 0.101 e. The number of aliphatic hydroxyl groups is 2. The van der Waals surface area contributed by atoms with Crippen LogP contribution in [0.5, 0.6) is 0 Å². The van der Waals surface area contributed by atoms with Crippen LogP contribution < -0.4 is 0 Å². The van der Waals surface area contributed by atoms with E-state index in [1.165, 1.54) is 7.11 Å². The molecule has 0 aromatic carbocycles. The molecular formula is C11H20O3. The number of rotatable bonds is 6. The fourth-order valence-electron chi connectivity index (χ4n) is 1.27. The minimum atomic E-state index is -0.626. The molecule has 0 aliphatic rings. The number of aliphatic hydroxyl groups excluding tert-OH is 2. The van der Waals surface area contributed by atoms with Crippen molar-refractivity contribution in [1.82, 2.24) is 0 Å². The van der Waals surface area contributed by atoms with E-state index >= 15 is 0 Å². The molecule has 14 heavy (non-hydrogen) atoms. The van der Waals surface area contributed by atoms with Gasteiger partial charge in [-0.3, -0.25) is 0 Å². The van der Waals surface area contributed by atoms with Crippen molar-refractivity contribution < 1.29 is 14.9 Å². The SMILES string of the molecule is C=CC(OC)[C@@H](O)C(C)/C=C(/C)CO. The normalized spacial score (nSPS) is 18.8. The molecule has 0 saturated heterocycles. The van der Waals surface area contributed by atoms with Crippen LogP contribution in [0.4, 0.5) is 0 Å². The van der Waals surface area contributed by atoms with Crippen LogP contribution in [0.25, 0.3) is 0 Å². The van der Waals surface area contributed by atoms with Crippen LogP contribution in [-0.2, 0) is 4.74 Å². The van der Waals surface area contributed by atoms with E-state index in [4.69, 9.17) is 9.84 Å². The molecule has 82 valence electrons. The standard InChI is InChI=1S/C11H20O3/c1-5-10(14-4)11(13)9(3)6-8(2)7-12/h5-6,9-13H,1,7H2,2-4H3/b8-6-/t9?,10?,11-/m0/s1. The molecule has 0 amide bonds. The van der Waals surface area contributed by atoms with Gasteiger partial charge in [0.1, 0.15) is 6.10 Å². The summed E-state index contributed by atoms with van der Waals surface area (Å²) in [4.78, 5) is 0. The maximum absolute atomic E-state index is 9.80. The molecular weight excluding hydrogens is 180 g/mol. The maximum atomic E-state index is 9.80. The molecule has 0 aromatic rings. The molecule has 0 saturated carbocycles. The Morgan fingerprint density at radius 1 is 1.57 bits per heavy atom. The van der Waals surface area contributed by atoms with Gasteiger partial charge in [-0.1, -0.05) is 24.6 Å². The van der Waals surface area contributed by atoms with E-state index in [0.29, 0.717) is 0 Å². The summed E-state index contributed by atoms with van der Waals surface area (Å²) in [6.07, 6.45) is 2.41. The molecule has 0 fully saturated rings. The van der Waals surface area contributed by atoms with Crippen LogP contribution in [0.2, 0.25) is 0 Å². The van der Waals surface area contributed by atoms with E-state index in [9.17, 15) is 5.11 Å². The van der Waals surface area contributed by atoms with E-state index in [1.807, 2.05) is 19.9 Å². The molecule has 0 aromatic heterocycles. The molecule has 0 rings (SSSR count). The first-order valence-electron chi connectivity index (χ1n) is 4.68. The van der Waals surface area contributed by atoms with E-state index in [1.54, 1.807) is 6.08 Å².